The third kappa shape index (κ3) is 28.7. The van der Waals surface area contributed by atoms with Crippen LogP contribution in [0.4, 0.5) is 0 Å². The van der Waals surface area contributed by atoms with Crippen molar-refractivity contribution < 1.29 is 9.47 Å². The maximum atomic E-state index is 6.63. The van der Waals surface area contributed by atoms with Crippen molar-refractivity contribution in [1.82, 2.24) is 0 Å². The van der Waals surface area contributed by atoms with E-state index in [0.29, 0.717) is 11.5 Å². The molecule has 0 bridgehead atoms. The summed E-state index contributed by atoms with van der Waals surface area (Å²) in [4.78, 5) is 0. The average molecular weight is 727 g/mol. The van der Waals surface area contributed by atoms with E-state index in [2.05, 4.69) is 63.1 Å². The van der Waals surface area contributed by atoms with E-state index in [1.54, 1.807) is 0 Å². The molecule has 0 aliphatic heterocycles. The van der Waals surface area contributed by atoms with E-state index >= 15 is 0 Å². The molecule has 0 aliphatic carbocycles. The summed E-state index contributed by atoms with van der Waals surface area (Å²) in [5.41, 5.74) is 1.23. The molecule has 0 aromatic heterocycles. The summed E-state index contributed by atoms with van der Waals surface area (Å²) in [7, 11) is 6.55. The fourth-order valence-corrected chi connectivity index (χ4v) is 19.9. The van der Waals surface area contributed by atoms with Crippen LogP contribution in [0.2, 0.25) is 24.2 Å². The maximum Gasteiger partial charge on any atom is 0.0717 e. The first-order valence-electron chi connectivity index (χ1n) is 19.5. The molecule has 0 saturated carbocycles. The fourth-order valence-electron chi connectivity index (χ4n) is 6.12. The number of ether oxygens (including phenoxy) is 2. The predicted octanol–water partition coefficient (Wildman–Crippen LogP) is 13.9. The van der Waals surface area contributed by atoms with Crippen LogP contribution in [0.5, 0.6) is 0 Å². The molecule has 0 saturated heterocycles. The van der Waals surface area contributed by atoms with E-state index in [1.165, 1.54) is 164 Å². The Kier molecular flexibility index (Phi) is 39.1. The lowest BCUT2D eigenvalue weighted by molar-refractivity contribution is 0.0926. The molecular weight excluding hydrogens is 649 g/mol. The molecule has 2 unspecified atom stereocenters. The second-order valence-electron chi connectivity index (χ2n) is 13.1. The molecule has 0 fully saturated rings. The van der Waals surface area contributed by atoms with Gasteiger partial charge in [0.1, 0.15) is 0 Å². The molecule has 0 N–H and O–H groups in total. The van der Waals surface area contributed by atoms with Crippen molar-refractivity contribution in [3.63, 3.8) is 0 Å². The third-order valence-corrected chi connectivity index (χ3v) is 23.4. The lowest BCUT2D eigenvalue weighted by atomic mass is 10.3. The summed E-state index contributed by atoms with van der Waals surface area (Å²) in [5.74, 6) is 2.54. The zero-order chi connectivity index (χ0) is 32.4. The van der Waals surface area contributed by atoms with Gasteiger partial charge in [0, 0.05) is 36.2 Å². The molecule has 0 aromatic carbocycles. The van der Waals surface area contributed by atoms with Crippen LogP contribution in [0, 0.1) is 0 Å². The van der Waals surface area contributed by atoms with Crippen molar-refractivity contribution in [2.24, 2.45) is 0 Å². The van der Waals surface area contributed by atoms with Crippen molar-refractivity contribution in [3.8, 4) is 0 Å². The van der Waals surface area contributed by atoms with Gasteiger partial charge in [0.25, 0.3) is 0 Å². The first kappa shape index (κ1) is 45.8. The molecule has 2 atom stereocenters. The minimum absolute atomic E-state index is 0.617. The Bertz CT molecular complexity index is 484. The van der Waals surface area contributed by atoms with E-state index in [4.69, 9.17) is 9.47 Å². The molecule has 0 heterocycles. The standard InChI is InChI=1S/C36H78O2S4Si2/c1-7-13-19-31-43(32-20-14-8-2)35(37-27-17-11-5)25-23-29-39-41-42-40-30-24-26-36(38-28-18-12-6)44(33-21-15-9-3)34-22-16-10-4/h35-36,43-44H,7-34H2,1-6H3. The predicted molar refractivity (Wildman–Crippen MR) is 219 cm³/mol. The van der Waals surface area contributed by atoms with Crippen molar-refractivity contribution >= 4 is 58.8 Å². The molecule has 0 spiro atoms. The monoisotopic (exact) mass is 726 g/mol. The van der Waals surface area contributed by atoms with Crippen LogP contribution in [-0.4, -0.2) is 53.8 Å². The molecule has 0 aliphatic rings. The summed E-state index contributed by atoms with van der Waals surface area (Å²) in [5, 5.41) is 0. The van der Waals surface area contributed by atoms with E-state index in [-0.39, 0.29) is 0 Å². The number of rotatable bonds is 37. The van der Waals surface area contributed by atoms with Gasteiger partial charge >= 0.3 is 0 Å². The number of unbranched alkanes of at least 4 members (excludes halogenated alkanes) is 10. The van der Waals surface area contributed by atoms with Gasteiger partial charge in [-0.1, -0.05) is 177 Å². The van der Waals surface area contributed by atoms with E-state index < -0.39 is 17.6 Å². The topological polar surface area (TPSA) is 18.5 Å². The normalized spacial score (nSPS) is 13.4. The Hall–Kier alpha value is 1.75. The summed E-state index contributed by atoms with van der Waals surface area (Å²) < 4.78 is 13.3. The van der Waals surface area contributed by atoms with Crippen molar-refractivity contribution in [2.45, 2.75) is 206 Å². The van der Waals surface area contributed by atoms with Crippen LogP contribution in [0.15, 0.2) is 0 Å². The van der Waals surface area contributed by atoms with Gasteiger partial charge in [-0.15, -0.1) is 0 Å². The third-order valence-electron chi connectivity index (χ3n) is 8.98. The van der Waals surface area contributed by atoms with Gasteiger partial charge in [0.15, 0.2) is 0 Å². The van der Waals surface area contributed by atoms with Crippen LogP contribution < -0.4 is 0 Å². The SMILES string of the molecule is CCCCC[SiH](CCCCC)C(CCCSSSSCCCC(OCCCC)[SiH](CCCCC)CCCCC)OCCCC. The Morgan fingerprint density at radius 3 is 1.02 bits per heavy atom. The molecule has 2 nitrogen and oxygen atoms in total. The highest BCUT2D eigenvalue weighted by atomic mass is 33.7. The highest BCUT2D eigenvalue weighted by Crippen LogP contribution is 2.43. The zero-order valence-corrected chi connectivity index (χ0v) is 36.1. The lowest BCUT2D eigenvalue weighted by Crippen LogP contribution is -2.34. The lowest BCUT2D eigenvalue weighted by Gasteiger charge is -2.27. The number of hydrogen-bond donors (Lipinski definition) is 0. The molecule has 0 radical (unpaired) electrons. The zero-order valence-electron chi connectivity index (χ0n) is 30.6. The van der Waals surface area contributed by atoms with E-state index in [9.17, 15) is 0 Å². The molecule has 44 heavy (non-hydrogen) atoms. The van der Waals surface area contributed by atoms with Crippen molar-refractivity contribution in [1.29, 1.82) is 0 Å². The largest absolute Gasteiger partial charge is 0.382 e. The van der Waals surface area contributed by atoms with E-state index in [0.717, 1.165) is 13.2 Å². The Morgan fingerprint density at radius 2 is 0.727 bits per heavy atom. The van der Waals surface area contributed by atoms with E-state index in [1.807, 2.05) is 19.7 Å². The molecule has 0 amide bonds. The first-order valence-corrected chi connectivity index (χ1v) is 29.2. The minimum atomic E-state index is -0.831. The smallest absolute Gasteiger partial charge is 0.0717 e. The Balaban J connectivity index is 4.50. The van der Waals surface area contributed by atoms with Crippen LogP contribution in [0.1, 0.15) is 170 Å². The van der Waals surface area contributed by atoms with Crippen molar-refractivity contribution in [2.75, 3.05) is 24.7 Å². The summed E-state index contributed by atoms with van der Waals surface area (Å²) in [6.07, 6.45) is 27.0. The Morgan fingerprint density at radius 1 is 0.409 bits per heavy atom. The van der Waals surface area contributed by atoms with Crippen LogP contribution in [-0.2, 0) is 9.47 Å². The second-order valence-corrected chi connectivity index (χ2v) is 26.2. The Labute approximate surface area is 296 Å². The molecular formula is C36H78O2S4Si2. The van der Waals surface area contributed by atoms with Crippen molar-refractivity contribution in [3.05, 3.63) is 0 Å². The first-order chi connectivity index (χ1) is 21.7. The van der Waals surface area contributed by atoms with Gasteiger partial charge < -0.3 is 9.47 Å². The van der Waals surface area contributed by atoms with Gasteiger partial charge in [-0.3, -0.25) is 0 Å². The number of hydrogen-bond acceptors (Lipinski definition) is 6. The molecule has 266 valence electrons. The van der Waals surface area contributed by atoms with Crippen LogP contribution >= 0.6 is 41.2 Å². The molecule has 0 rings (SSSR count). The highest BCUT2D eigenvalue weighted by molar-refractivity contribution is 9.26. The quantitative estimate of drug-likeness (QED) is 0.0358. The van der Waals surface area contributed by atoms with Crippen LogP contribution in [0.25, 0.3) is 0 Å². The maximum absolute atomic E-state index is 6.63. The summed E-state index contributed by atoms with van der Waals surface area (Å²) >= 11 is 0. The van der Waals surface area contributed by atoms with Gasteiger partial charge in [-0.25, -0.2) is 0 Å². The molecule has 8 heteroatoms. The van der Waals surface area contributed by atoms with Gasteiger partial charge in [-0.05, 0) is 58.2 Å². The molecule has 0 aromatic rings. The highest BCUT2D eigenvalue weighted by Gasteiger charge is 2.24. The average Bonchev–Trinajstić information content (AvgIpc) is 3.03. The minimum Gasteiger partial charge on any atom is -0.382 e. The fraction of sp³-hybridized carbons (Fsp3) is 1.00. The van der Waals surface area contributed by atoms with Crippen LogP contribution in [0.3, 0.4) is 0 Å². The van der Waals surface area contributed by atoms with Gasteiger partial charge in [0.05, 0.1) is 17.6 Å². The van der Waals surface area contributed by atoms with Gasteiger partial charge in [-0.2, -0.15) is 0 Å². The second kappa shape index (κ2) is 37.6. The summed E-state index contributed by atoms with van der Waals surface area (Å²) in [6, 6.07) is 6.03. The summed E-state index contributed by atoms with van der Waals surface area (Å²) in [6.45, 7) is 15.9. The van der Waals surface area contributed by atoms with Gasteiger partial charge in [0.2, 0.25) is 0 Å².